The number of anilines is 3. The van der Waals surface area contributed by atoms with Gasteiger partial charge in [-0.25, -0.2) is 9.78 Å². The molecule has 3 aromatic rings. The maximum Gasteiger partial charge on any atom is 0.337 e. The van der Waals surface area contributed by atoms with Crippen molar-refractivity contribution in [2.75, 3.05) is 17.7 Å². The Morgan fingerprint density at radius 2 is 1.68 bits per heavy atom. The van der Waals surface area contributed by atoms with E-state index in [1.54, 1.807) is 42.6 Å². The third-order valence-electron chi connectivity index (χ3n) is 4.23. The highest BCUT2D eigenvalue weighted by atomic mass is 16.5. The number of ether oxygens (including phenoxy) is 1. The van der Waals surface area contributed by atoms with E-state index in [1.165, 1.54) is 12.7 Å². The smallest absolute Gasteiger partial charge is 0.337 e. The second-order valence-corrected chi connectivity index (χ2v) is 6.40. The molecular weight excluding hydrogens is 354 g/mol. The molecule has 0 unspecified atom stereocenters. The Morgan fingerprint density at radius 1 is 0.929 bits per heavy atom. The third-order valence-corrected chi connectivity index (χ3v) is 4.23. The number of carbonyl (C=O) groups excluding carboxylic acids is 2. The third kappa shape index (κ3) is 4.54. The molecule has 2 N–H and O–H groups in total. The molecule has 1 aromatic heterocycles. The molecule has 0 bridgehead atoms. The summed E-state index contributed by atoms with van der Waals surface area (Å²) in [7, 11) is 1.32. The van der Waals surface area contributed by atoms with Crippen LogP contribution >= 0.6 is 0 Å². The minimum absolute atomic E-state index is 0.267. The molecule has 2 aromatic carbocycles. The van der Waals surface area contributed by atoms with Gasteiger partial charge in [-0.1, -0.05) is 17.7 Å². The quantitative estimate of drug-likeness (QED) is 0.643. The van der Waals surface area contributed by atoms with Crippen molar-refractivity contribution in [2.24, 2.45) is 0 Å². The second kappa shape index (κ2) is 8.35. The Hall–Kier alpha value is -3.67. The fraction of sp³-hybridized carbons (Fsp3) is 0.136. The molecule has 142 valence electrons. The number of aryl methyl sites for hydroxylation is 2. The van der Waals surface area contributed by atoms with Crippen LogP contribution in [0.3, 0.4) is 0 Å². The lowest BCUT2D eigenvalue weighted by Crippen LogP contribution is -2.12. The van der Waals surface area contributed by atoms with Gasteiger partial charge in [0.25, 0.3) is 5.91 Å². The Balaban J connectivity index is 1.72. The van der Waals surface area contributed by atoms with Crippen LogP contribution in [0.4, 0.5) is 17.2 Å². The van der Waals surface area contributed by atoms with E-state index in [2.05, 4.69) is 26.4 Å². The molecule has 0 atom stereocenters. The van der Waals surface area contributed by atoms with E-state index in [0.717, 1.165) is 11.3 Å². The van der Waals surface area contributed by atoms with Crippen LogP contribution in [-0.2, 0) is 4.74 Å². The molecule has 28 heavy (non-hydrogen) atoms. The molecule has 1 amide bonds. The van der Waals surface area contributed by atoms with Crippen LogP contribution in [0.5, 0.6) is 0 Å². The summed E-state index contributed by atoms with van der Waals surface area (Å²) in [6.45, 7) is 4.06. The first-order valence-electron chi connectivity index (χ1n) is 8.76. The zero-order valence-corrected chi connectivity index (χ0v) is 15.9. The van der Waals surface area contributed by atoms with Crippen molar-refractivity contribution in [2.45, 2.75) is 13.8 Å². The van der Waals surface area contributed by atoms with E-state index < -0.39 is 5.97 Å². The topological polar surface area (TPSA) is 80.3 Å². The van der Waals surface area contributed by atoms with E-state index in [-0.39, 0.29) is 5.91 Å². The lowest BCUT2D eigenvalue weighted by molar-refractivity contribution is 0.0600. The molecule has 6 heteroatoms. The van der Waals surface area contributed by atoms with Gasteiger partial charge >= 0.3 is 5.97 Å². The first-order chi connectivity index (χ1) is 13.5. The van der Waals surface area contributed by atoms with Crippen molar-refractivity contribution >= 4 is 29.1 Å². The summed E-state index contributed by atoms with van der Waals surface area (Å²) >= 11 is 0. The zero-order valence-electron chi connectivity index (χ0n) is 15.9. The first-order valence-corrected chi connectivity index (χ1v) is 8.76. The highest BCUT2D eigenvalue weighted by Gasteiger charge is 2.10. The molecule has 0 aliphatic heterocycles. The number of benzene rings is 2. The average molecular weight is 375 g/mol. The SMILES string of the molecule is COC(=O)c1ccc(NC(=O)c2ccnc(Nc3ccc(C)cc3C)c2)cc1. The van der Waals surface area contributed by atoms with Gasteiger partial charge in [0.05, 0.1) is 12.7 Å². The van der Waals surface area contributed by atoms with Gasteiger partial charge in [0, 0.05) is 23.1 Å². The highest BCUT2D eigenvalue weighted by Crippen LogP contribution is 2.21. The summed E-state index contributed by atoms with van der Waals surface area (Å²) in [5.74, 6) is -0.105. The Morgan fingerprint density at radius 3 is 2.36 bits per heavy atom. The fourth-order valence-corrected chi connectivity index (χ4v) is 2.74. The van der Waals surface area contributed by atoms with E-state index in [1.807, 2.05) is 26.0 Å². The van der Waals surface area contributed by atoms with Gasteiger partial charge in [-0.2, -0.15) is 0 Å². The molecule has 3 rings (SSSR count). The molecular formula is C22H21N3O3. The second-order valence-electron chi connectivity index (χ2n) is 6.40. The van der Waals surface area contributed by atoms with Gasteiger partial charge in [0.15, 0.2) is 0 Å². The number of methoxy groups -OCH3 is 1. The van der Waals surface area contributed by atoms with Crippen LogP contribution < -0.4 is 10.6 Å². The molecule has 0 saturated heterocycles. The summed E-state index contributed by atoms with van der Waals surface area (Å²) in [6, 6.07) is 15.9. The predicted octanol–water partition coefficient (Wildman–Crippen LogP) is 4.48. The van der Waals surface area contributed by atoms with Crippen LogP contribution in [-0.4, -0.2) is 24.0 Å². The number of esters is 1. The Bertz CT molecular complexity index is 1010. The van der Waals surface area contributed by atoms with Crippen LogP contribution in [0.15, 0.2) is 60.8 Å². The molecule has 0 fully saturated rings. The number of rotatable bonds is 5. The van der Waals surface area contributed by atoms with Gasteiger partial charge in [-0.3, -0.25) is 4.79 Å². The van der Waals surface area contributed by atoms with Crippen molar-refractivity contribution in [3.63, 3.8) is 0 Å². The van der Waals surface area contributed by atoms with Crippen molar-refractivity contribution in [1.82, 2.24) is 4.98 Å². The highest BCUT2D eigenvalue weighted by molar-refractivity contribution is 6.05. The number of amides is 1. The van der Waals surface area contributed by atoms with Gasteiger partial charge in [0.2, 0.25) is 0 Å². The van der Waals surface area contributed by atoms with Crippen molar-refractivity contribution < 1.29 is 14.3 Å². The number of aromatic nitrogens is 1. The maximum atomic E-state index is 12.5. The molecule has 0 radical (unpaired) electrons. The number of carbonyl (C=O) groups is 2. The average Bonchev–Trinajstić information content (AvgIpc) is 2.70. The molecule has 1 heterocycles. The minimum Gasteiger partial charge on any atom is -0.465 e. The molecule has 0 aliphatic carbocycles. The Labute approximate surface area is 163 Å². The molecule has 0 spiro atoms. The molecule has 0 saturated carbocycles. The lowest BCUT2D eigenvalue weighted by atomic mass is 10.1. The van der Waals surface area contributed by atoms with Gasteiger partial charge in [-0.05, 0) is 61.9 Å². The number of pyridine rings is 1. The lowest BCUT2D eigenvalue weighted by Gasteiger charge is -2.11. The van der Waals surface area contributed by atoms with E-state index in [9.17, 15) is 9.59 Å². The molecule has 6 nitrogen and oxygen atoms in total. The largest absolute Gasteiger partial charge is 0.465 e. The number of hydrogen-bond donors (Lipinski definition) is 2. The van der Waals surface area contributed by atoms with Crippen molar-refractivity contribution in [3.8, 4) is 0 Å². The van der Waals surface area contributed by atoms with Crippen molar-refractivity contribution in [1.29, 1.82) is 0 Å². The number of nitrogens with one attached hydrogen (secondary N) is 2. The summed E-state index contributed by atoms with van der Waals surface area (Å²) in [6.07, 6.45) is 1.58. The minimum atomic E-state index is -0.422. The van der Waals surface area contributed by atoms with Gasteiger partial charge in [-0.15, -0.1) is 0 Å². The van der Waals surface area contributed by atoms with Gasteiger partial charge < -0.3 is 15.4 Å². The van der Waals surface area contributed by atoms with Gasteiger partial charge in [0.1, 0.15) is 5.82 Å². The van der Waals surface area contributed by atoms with E-state index in [0.29, 0.717) is 22.6 Å². The maximum absolute atomic E-state index is 12.5. The summed E-state index contributed by atoms with van der Waals surface area (Å²) in [5, 5.41) is 6.05. The van der Waals surface area contributed by atoms with E-state index >= 15 is 0 Å². The van der Waals surface area contributed by atoms with Crippen LogP contribution in [0.2, 0.25) is 0 Å². The number of nitrogens with zero attached hydrogens (tertiary/aromatic N) is 1. The first kappa shape index (κ1) is 19.1. The zero-order chi connectivity index (χ0) is 20.1. The van der Waals surface area contributed by atoms with Crippen LogP contribution in [0, 0.1) is 13.8 Å². The monoisotopic (exact) mass is 375 g/mol. The fourth-order valence-electron chi connectivity index (χ4n) is 2.74. The van der Waals surface area contributed by atoms with Crippen molar-refractivity contribution in [3.05, 3.63) is 83.0 Å². The summed E-state index contributed by atoms with van der Waals surface area (Å²) in [4.78, 5) is 28.3. The van der Waals surface area contributed by atoms with E-state index in [4.69, 9.17) is 0 Å². The molecule has 0 aliphatic rings. The van der Waals surface area contributed by atoms with Crippen LogP contribution in [0.1, 0.15) is 31.8 Å². The standard InChI is InChI=1S/C22H21N3O3/c1-14-4-9-19(15(2)12-14)25-20-13-17(10-11-23-20)21(26)24-18-7-5-16(6-8-18)22(27)28-3/h4-13H,1-3H3,(H,23,25)(H,24,26). The van der Waals surface area contributed by atoms with Crippen LogP contribution in [0.25, 0.3) is 0 Å². The summed E-state index contributed by atoms with van der Waals surface area (Å²) < 4.78 is 4.66. The predicted molar refractivity (Wildman–Crippen MR) is 109 cm³/mol. The normalized spacial score (nSPS) is 10.2. The number of hydrogen-bond acceptors (Lipinski definition) is 5. The summed E-state index contributed by atoms with van der Waals surface area (Å²) in [5.41, 5.74) is 4.70. The Kier molecular flexibility index (Phi) is 5.69.